The van der Waals surface area contributed by atoms with Gasteiger partial charge in [-0.15, -0.1) is 0 Å². The van der Waals surface area contributed by atoms with Crippen LogP contribution < -0.4 is 5.32 Å². The van der Waals surface area contributed by atoms with E-state index >= 15 is 0 Å². The monoisotopic (exact) mass is 296 g/mol. The molecule has 6 heteroatoms. The number of benzene rings is 1. The maximum Gasteiger partial charge on any atom is 0.338 e. The van der Waals surface area contributed by atoms with Gasteiger partial charge in [-0.1, -0.05) is 6.07 Å². The zero-order valence-electron chi connectivity index (χ0n) is 12.2. The Morgan fingerprint density at radius 1 is 1.36 bits per heavy atom. The van der Waals surface area contributed by atoms with E-state index in [9.17, 15) is 4.79 Å². The number of rotatable bonds is 5. The van der Waals surface area contributed by atoms with Crippen molar-refractivity contribution < 1.29 is 9.53 Å². The number of carbonyl (C=O) groups excluding carboxylic acids is 1. The fraction of sp³-hybridized carbons (Fsp3) is 0.188. The van der Waals surface area contributed by atoms with Crippen molar-refractivity contribution in [2.45, 2.75) is 13.5 Å². The summed E-state index contributed by atoms with van der Waals surface area (Å²) in [6, 6.07) is 9.14. The van der Waals surface area contributed by atoms with E-state index in [1.165, 1.54) is 0 Å². The van der Waals surface area contributed by atoms with Crippen LogP contribution in [0.1, 0.15) is 22.8 Å². The van der Waals surface area contributed by atoms with Crippen LogP contribution in [0.5, 0.6) is 0 Å². The molecule has 3 aromatic rings. The first kappa shape index (κ1) is 14.1. The van der Waals surface area contributed by atoms with Gasteiger partial charge in [-0.05, 0) is 36.8 Å². The van der Waals surface area contributed by atoms with E-state index in [4.69, 9.17) is 4.74 Å². The Bertz CT molecular complexity index is 783. The number of fused-ring (bicyclic) bond motifs is 1. The molecule has 112 valence electrons. The summed E-state index contributed by atoms with van der Waals surface area (Å²) in [6.07, 6.45) is 3.54. The SMILES string of the molecule is CCOC(=O)c1ccc2nc(NCc3cccnc3)[nH]c2c1. The Kier molecular flexibility index (Phi) is 4.00. The number of aromatic nitrogens is 3. The summed E-state index contributed by atoms with van der Waals surface area (Å²) in [5.41, 5.74) is 3.16. The molecule has 2 heterocycles. The summed E-state index contributed by atoms with van der Waals surface area (Å²) in [4.78, 5) is 23.4. The highest BCUT2D eigenvalue weighted by atomic mass is 16.5. The number of nitrogens with one attached hydrogen (secondary N) is 2. The smallest absolute Gasteiger partial charge is 0.338 e. The number of hydrogen-bond acceptors (Lipinski definition) is 5. The molecule has 0 atom stereocenters. The van der Waals surface area contributed by atoms with Crippen molar-refractivity contribution in [3.8, 4) is 0 Å². The molecular weight excluding hydrogens is 280 g/mol. The summed E-state index contributed by atoms with van der Waals surface area (Å²) in [6.45, 7) is 2.77. The molecular formula is C16H16N4O2. The highest BCUT2D eigenvalue weighted by molar-refractivity contribution is 5.94. The summed E-state index contributed by atoms with van der Waals surface area (Å²) < 4.78 is 4.99. The predicted molar refractivity (Wildman–Crippen MR) is 83.6 cm³/mol. The number of carbonyl (C=O) groups is 1. The molecule has 2 N–H and O–H groups in total. The van der Waals surface area contributed by atoms with Gasteiger partial charge >= 0.3 is 5.97 Å². The first-order chi connectivity index (χ1) is 10.8. The van der Waals surface area contributed by atoms with Gasteiger partial charge in [-0.2, -0.15) is 0 Å². The lowest BCUT2D eigenvalue weighted by molar-refractivity contribution is 0.0526. The number of ether oxygens (including phenoxy) is 1. The minimum Gasteiger partial charge on any atom is -0.462 e. The first-order valence-corrected chi connectivity index (χ1v) is 7.06. The highest BCUT2D eigenvalue weighted by Gasteiger charge is 2.09. The number of nitrogens with zero attached hydrogens (tertiary/aromatic N) is 2. The maximum absolute atomic E-state index is 11.7. The van der Waals surface area contributed by atoms with E-state index in [2.05, 4.69) is 20.3 Å². The molecule has 3 rings (SSSR count). The minimum atomic E-state index is -0.330. The Labute approximate surface area is 127 Å². The quantitative estimate of drug-likeness (QED) is 0.708. The molecule has 6 nitrogen and oxygen atoms in total. The molecule has 0 bridgehead atoms. The van der Waals surface area contributed by atoms with Crippen LogP contribution in [0.2, 0.25) is 0 Å². The number of pyridine rings is 1. The van der Waals surface area contributed by atoms with E-state index in [-0.39, 0.29) is 5.97 Å². The van der Waals surface area contributed by atoms with Gasteiger partial charge in [0.15, 0.2) is 0 Å². The summed E-state index contributed by atoms with van der Waals surface area (Å²) in [5, 5.41) is 3.20. The standard InChI is InChI=1S/C16H16N4O2/c1-2-22-15(21)12-5-6-13-14(8-12)20-16(19-13)18-10-11-4-3-7-17-9-11/h3-9H,2,10H2,1H3,(H2,18,19,20). The highest BCUT2D eigenvalue weighted by Crippen LogP contribution is 2.17. The van der Waals surface area contributed by atoms with Crippen LogP contribution in [0.25, 0.3) is 11.0 Å². The van der Waals surface area contributed by atoms with Gasteiger partial charge < -0.3 is 15.0 Å². The normalized spacial score (nSPS) is 10.6. The van der Waals surface area contributed by atoms with Crippen molar-refractivity contribution in [3.63, 3.8) is 0 Å². The lowest BCUT2D eigenvalue weighted by Gasteiger charge is -2.01. The van der Waals surface area contributed by atoms with Crippen molar-refractivity contribution >= 4 is 23.0 Å². The van der Waals surface area contributed by atoms with Crippen LogP contribution in [0.15, 0.2) is 42.7 Å². The molecule has 1 aromatic carbocycles. The molecule has 0 amide bonds. The van der Waals surface area contributed by atoms with E-state index in [1.54, 1.807) is 37.5 Å². The van der Waals surface area contributed by atoms with E-state index < -0.39 is 0 Å². The average Bonchev–Trinajstić information content (AvgIpc) is 2.96. The maximum atomic E-state index is 11.7. The van der Waals surface area contributed by atoms with E-state index in [0.717, 1.165) is 16.6 Å². The largest absolute Gasteiger partial charge is 0.462 e. The molecule has 22 heavy (non-hydrogen) atoms. The summed E-state index contributed by atoms with van der Waals surface area (Å²) in [7, 11) is 0. The average molecular weight is 296 g/mol. The van der Waals surface area contributed by atoms with Gasteiger partial charge in [0.25, 0.3) is 0 Å². The topological polar surface area (TPSA) is 79.9 Å². The van der Waals surface area contributed by atoms with Gasteiger partial charge in [0.1, 0.15) is 0 Å². The van der Waals surface area contributed by atoms with Crippen LogP contribution in [-0.4, -0.2) is 27.5 Å². The first-order valence-electron chi connectivity index (χ1n) is 7.06. The Balaban J connectivity index is 1.76. The number of hydrogen-bond donors (Lipinski definition) is 2. The molecule has 0 aliphatic rings. The van der Waals surface area contributed by atoms with E-state index in [0.29, 0.717) is 24.7 Å². The summed E-state index contributed by atoms with van der Waals surface area (Å²) >= 11 is 0. The second-order valence-corrected chi connectivity index (χ2v) is 4.75. The molecule has 0 unspecified atom stereocenters. The number of H-pyrrole nitrogens is 1. The molecule has 0 saturated heterocycles. The van der Waals surface area contributed by atoms with Crippen LogP contribution >= 0.6 is 0 Å². The van der Waals surface area contributed by atoms with E-state index in [1.807, 2.05) is 12.1 Å². The van der Waals surface area contributed by atoms with Crippen LogP contribution in [0.4, 0.5) is 5.95 Å². The molecule has 0 radical (unpaired) electrons. The molecule has 0 saturated carbocycles. The van der Waals surface area contributed by atoms with Gasteiger partial charge in [-0.25, -0.2) is 9.78 Å². The third-order valence-corrected chi connectivity index (χ3v) is 3.18. The van der Waals surface area contributed by atoms with Gasteiger partial charge in [-0.3, -0.25) is 4.98 Å². The number of anilines is 1. The zero-order chi connectivity index (χ0) is 15.4. The number of esters is 1. The second-order valence-electron chi connectivity index (χ2n) is 4.75. The number of imidazole rings is 1. The summed E-state index contributed by atoms with van der Waals surface area (Å²) in [5.74, 6) is 0.323. The fourth-order valence-corrected chi connectivity index (χ4v) is 2.12. The van der Waals surface area contributed by atoms with Gasteiger partial charge in [0.2, 0.25) is 5.95 Å². The van der Waals surface area contributed by atoms with Crippen LogP contribution in [-0.2, 0) is 11.3 Å². The Morgan fingerprint density at radius 2 is 2.27 bits per heavy atom. The van der Waals surface area contributed by atoms with Crippen molar-refractivity contribution in [2.75, 3.05) is 11.9 Å². The van der Waals surface area contributed by atoms with Crippen molar-refractivity contribution in [2.24, 2.45) is 0 Å². The predicted octanol–water partition coefficient (Wildman–Crippen LogP) is 2.75. The third kappa shape index (κ3) is 3.06. The van der Waals surface area contributed by atoms with Crippen molar-refractivity contribution in [1.82, 2.24) is 15.0 Å². The lowest BCUT2D eigenvalue weighted by atomic mass is 10.2. The molecule has 0 aliphatic carbocycles. The number of aromatic amines is 1. The Hall–Kier alpha value is -2.89. The Morgan fingerprint density at radius 3 is 3.05 bits per heavy atom. The fourth-order valence-electron chi connectivity index (χ4n) is 2.12. The molecule has 0 aliphatic heterocycles. The molecule has 0 fully saturated rings. The van der Waals surface area contributed by atoms with Crippen LogP contribution in [0.3, 0.4) is 0 Å². The van der Waals surface area contributed by atoms with Crippen molar-refractivity contribution in [1.29, 1.82) is 0 Å². The van der Waals surface area contributed by atoms with Gasteiger partial charge in [0, 0.05) is 18.9 Å². The zero-order valence-corrected chi connectivity index (χ0v) is 12.2. The third-order valence-electron chi connectivity index (χ3n) is 3.18. The van der Waals surface area contributed by atoms with Gasteiger partial charge in [0.05, 0.1) is 23.2 Å². The van der Waals surface area contributed by atoms with Crippen LogP contribution in [0, 0.1) is 0 Å². The molecule has 0 spiro atoms. The lowest BCUT2D eigenvalue weighted by Crippen LogP contribution is -2.04. The molecule has 2 aromatic heterocycles. The van der Waals surface area contributed by atoms with Crippen molar-refractivity contribution in [3.05, 3.63) is 53.9 Å². The minimum absolute atomic E-state index is 0.330. The second kappa shape index (κ2) is 6.26.